The molecule has 0 saturated carbocycles. The fourth-order valence-corrected chi connectivity index (χ4v) is 6.64. The number of carboxylic acid groups (broad SMARTS) is 4. The molecule has 4 aromatic heterocycles. The molecule has 0 amide bonds. The van der Waals surface area contributed by atoms with Gasteiger partial charge in [0.2, 0.25) is 0 Å². The van der Waals surface area contributed by atoms with E-state index in [-0.39, 0.29) is 52.9 Å². The Kier molecular flexibility index (Phi) is 82.5. The van der Waals surface area contributed by atoms with Gasteiger partial charge in [0.05, 0.1) is 177 Å². The Morgan fingerprint density at radius 1 is 0.292 bits per heavy atom. The second kappa shape index (κ2) is 81.9. The van der Waals surface area contributed by atoms with Gasteiger partial charge in [-0.15, -0.1) is 0 Å². The SMILES string of the molecule is CC(=O)O.CC(=O)O.CC(=O)O.CC(=O)O.CCCCOCCOCCOCCOC(=O)c1ccnc(-c2cc(C(=O)OCCOCCOCCOCCCC)ccn2)c1.CCOCCOCCOCCOC(=O)c1ccnc(-c2cc(C(=O)OCCOCCOCCOCC)ccn2)c1.[Cl][Pt][Cl].[Cl][Pt][Cl]. The van der Waals surface area contributed by atoms with Gasteiger partial charge in [-0.05, 0) is 75.2 Å². The average molecular weight is 1960 g/mol. The molecular weight excluding hydrogens is 1850 g/mol. The summed E-state index contributed by atoms with van der Waals surface area (Å²) in [7, 11) is 19.5. The van der Waals surface area contributed by atoms with Crippen LogP contribution in [0.5, 0.6) is 0 Å². The van der Waals surface area contributed by atoms with Gasteiger partial charge in [0.15, 0.2) is 0 Å². The van der Waals surface area contributed by atoms with E-state index in [0.717, 1.165) is 66.6 Å². The molecule has 0 aliphatic heterocycles. The predicted molar refractivity (Wildman–Crippen MR) is 384 cm³/mol. The second-order valence-electron chi connectivity index (χ2n) is 19.7. The third-order valence-corrected chi connectivity index (χ3v) is 11.0. The molecule has 4 N–H and O–H groups in total. The number of hydrogen-bond donors (Lipinski definition) is 4. The molecule has 106 heavy (non-hydrogen) atoms. The fraction of sp³-hybridized carbons (Fsp3) is 0.588. The molecule has 4 rings (SSSR count). The van der Waals surface area contributed by atoms with Crippen molar-refractivity contribution in [2.24, 2.45) is 0 Å². The topological polar surface area (TPSA) is 417 Å². The minimum absolute atomic E-state index is 0.0969. The number of rotatable bonds is 50. The number of aromatic nitrogens is 4. The first-order valence-corrected chi connectivity index (χ1v) is 44.2. The number of ether oxygens (including phenoxy) is 16. The number of unbranched alkanes of at least 4 members (excludes halogenated alkanes) is 2. The first-order valence-electron chi connectivity index (χ1n) is 33.0. The number of esters is 4. The van der Waals surface area contributed by atoms with Crippen molar-refractivity contribution in [2.75, 3.05) is 185 Å². The van der Waals surface area contributed by atoms with Crippen molar-refractivity contribution in [3.63, 3.8) is 0 Å². The van der Waals surface area contributed by atoms with Crippen LogP contribution in [0.25, 0.3) is 22.8 Å². The molecule has 0 radical (unpaired) electrons. The average Bonchev–Trinajstić information content (AvgIpc) is 0.842. The molecule has 38 heteroatoms. The van der Waals surface area contributed by atoms with E-state index in [4.69, 9.17) is 153 Å². The van der Waals surface area contributed by atoms with Crippen LogP contribution < -0.4 is 0 Å². The van der Waals surface area contributed by atoms with E-state index in [1.807, 2.05) is 13.8 Å². The van der Waals surface area contributed by atoms with E-state index in [1.54, 1.807) is 48.5 Å². The van der Waals surface area contributed by atoms with Crippen LogP contribution in [0, 0.1) is 0 Å². The summed E-state index contributed by atoms with van der Waals surface area (Å²) in [4.78, 5) is 103. The number of hydrogen-bond acceptors (Lipinski definition) is 28. The Morgan fingerprint density at radius 2 is 0.443 bits per heavy atom. The van der Waals surface area contributed by atoms with Crippen LogP contribution in [0.1, 0.15) is 123 Å². The number of halogens is 4. The molecule has 0 atom stereocenters. The zero-order valence-electron chi connectivity index (χ0n) is 61.1. The van der Waals surface area contributed by atoms with Crippen molar-refractivity contribution in [3.05, 3.63) is 95.6 Å². The second-order valence-corrected chi connectivity index (χ2v) is 26.2. The molecule has 32 nitrogen and oxygen atoms in total. The molecule has 4 heterocycles. The molecule has 0 unspecified atom stereocenters. The standard InChI is InChI=1S/C32H48N2O10.C28H40N2O10.4C2H4O2.4ClH.2Pt/c1-3-5-11-37-13-15-39-17-19-41-21-23-43-31(35)27-7-9-33-29(25-27)30-26-28(8-10-34-30)32(36)44-24-22-42-20-18-40-16-14-38-12-6-4-2;1-3-33-9-11-35-13-15-37-17-19-39-27(31)23-5-7-29-25(21-23)26-22-24(6-8-30-26)28(32)40-20-18-38-16-14-36-12-10-34-4-2;4*1-2(3)4;;;;;;/h7-10,25-26H,3-6,11-24H2,1-2H3;5-8,21-22H,3-4,9-20H2,1-2H3;4*1H3,(H,3,4);4*1H;;/q;;;;;;;;;;2*+2/p-4. The van der Waals surface area contributed by atoms with E-state index in [9.17, 15) is 19.2 Å². The van der Waals surface area contributed by atoms with Crippen molar-refractivity contribution in [2.45, 2.75) is 81.1 Å². The van der Waals surface area contributed by atoms with Crippen LogP contribution in [-0.4, -0.2) is 273 Å². The number of pyridine rings is 4. The zero-order valence-corrected chi connectivity index (χ0v) is 68.6. The van der Waals surface area contributed by atoms with Crippen molar-refractivity contribution in [1.82, 2.24) is 19.9 Å². The molecule has 0 aromatic carbocycles. The molecule has 0 saturated heterocycles. The summed E-state index contributed by atoms with van der Waals surface area (Å²) in [5, 5.41) is 29.7. The predicted octanol–water partition coefficient (Wildman–Crippen LogP) is 9.87. The summed E-state index contributed by atoms with van der Waals surface area (Å²) < 4.78 is 85.6. The van der Waals surface area contributed by atoms with E-state index in [0.29, 0.717) is 164 Å². The number of carbonyl (C=O) groups excluding carboxylic acids is 4. The molecule has 612 valence electrons. The monoisotopic (exact) mass is 1950 g/mol. The zero-order chi connectivity index (χ0) is 79.9. The van der Waals surface area contributed by atoms with Gasteiger partial charge in [0, 0.05) is 78.9 Å². The van der Waals surface area contributed by atoms with E-state index in [2.05, 4.69) is 33.8 Å². The van der Waals surface area contributed by atoms with Gasteiger partial charge in [-0.25, -0.2) is 19.2 Å². The number of nitrogens with zero attached hydrogens (tertiary/aromatic N) is 4. The normalized spacial score (nSPS) is 10.1. The Balaban J connectivity index is -0.000000767. The van der Waals surface area contributed by atoms with Crippen LogP contribution in [0.4, 0.5) is 0 Å². The maximum absolute atomic E-state index is 12.5. The first kappa shape index (κ1) is 107. The third-order valence-electron chi connectivity index (χ3n) is 11.0. The van der Waals surface area contributed by atoms with E-state index >= 15 is 0 Å². The van der Waals surface area contributed by atoms with E-state index < -0.39 is 80.7 Å². The van der Waals surface area contributed by atoms with Crippen LogP contribution >= 0.6 is 37.7 Å². The summed E-state index contributed by atoms with van der Waals surface area (Å²) in [5.74, 6) is -5.40. The molecule has 0 spiro atoms. The molecular formula is C68H104Cl4N4O28Pt2. The first-order chi connectivity index (χ1) is 51.1. The van der Waals surface area contributed by atoms with E-state index in [1.165, 1.54) is 24.8 Å². The van der Waals surface area contributed by atoms with Crippen molar-refractivity contribution >= 4 is 85.4 Å². The van der Waals surface area contributed by atoms with Crippen LogP contribution in [0.15, 0.2) is 73.3 Å². The number of aliphatic carboxylic acids is 4. The molecule has 0 bridgehead atoms. The summed E-state index contributed by atoms with van der Waals surface area (Å²) in [6.07, 6.45) is 10.2. The van der Waals surface area contributed by atoms with Gasteiger partial charge in [-0.3, -0.25) is 39.1 Å². The summed E-state index contributed by atoms with van der Waals surface area (Å²) >= 11 is -0.944. The van der Waals surface area contributed by atoms with Gasteiger partial charge in [0.1, 0.15) is 26.4 Å². The van der Waals surface area contributed by atoms with Gasteiger partial charge >= 0.3 is 94.5 Å². The Morgan fingerprint density at radius 3 is 0.604 bits per heavy atom. The Bertz CT molecular complexity index is 2610. The molecule has 0 fully saturated rings. The maximum atomic E-state index is 12.5. The third kappa shape index (κ3) is 76.6. The summed E-state index contributed by atoms with van der Waals surface area (Å²) in [5.41, 5.74) is 2.88. The Hall–Kier alpha value is -5.58. The van der Waals surface area contributed by atoms with Gasteiger partial charge in [-0.2, -0.15) is 0 Å². The number of carbonyl (C=O) groups is 8. The van der Waals surface area contributed by atoms with Crippen molar-refractivity contribution in [1.29, 1.82) is 0 Å². The van der Waals surface area contributed by atoms with Gasteiger partial charge < -0.3 is 96.2 Å². The molecule has 0 aliphatic rings. The summed E-state index contributed by atoms with van der Waals surface area (Å²) in [6, 6.07) is 12.4. The Labute approximate surface area is 653 Å². The molecule has 0 aliphatic carbocycles. The summed E-state index contributed by atoms with van der Waals surface area (Å²) in [6.45, 7) is 24.3. The molecule has 4 aromatic rings. The van der Waals surface area contributed by atoms with Gasteiger partial charge in [0.25, 0.3) is 23.9 Å². The van der Waals surface area contributed by atoms with Gasteiger partial charge in [-0.1, -0.05) is 26.7 Å². The van der Waals surface area contributed by atoms with Crippen molar-refractivity contribution < 1.29 is 168 Å². The van der Waals surface area contributed by atoms with Crippen LogP contribution in [0.2, 0.25) is 0 Å². The van der Waals surface area contributed by atoms with Crippen LogP contribution in [0.3, 0.4) is 0 Å². The number of carboxylic acids is 4. The fourth-order valence-electron chi connectivity index (χ4n) is 6.64. The van der Waals surface area contributed by atoms with Crippen LogP contribution in [-0.2, 0) is 128 Å². The minimum atomic E-state index is -0.833. The van der Waals surface area contributed by atoms with Crippen molar-refractivity contribution in [3.8, 4) is 22.8 Å². The quantitative estimate of drug-likeness (QED) is 0.0181.